The first-order chi connectivity index (χ1) is 6.62. The Morgan fingerprint density at radius 3 is 1.80 bits per heavy atom. The Morgan fingerprint density at radius 2 is 1.40 bits per heavy atom. The molecule has 0 heterocycles. The highest BCUT2D eigenvalue weighted by molar-refractivity contribution is 9.10. The van der Waals surface area contributed by atoms with E-state index in [1.165, 1.54) is 6.07 Å². The van der Waals surface area contributed by atoms with E-state index >= 15 is 0 Å². The van der Waals surface area contributed by atoms with Gasteiger partial charge in [-0.1, -0.05) is 15.9 Å². The molecule has 0 spiro atoms. The molecule has 6 nitrogen and oxygen atoms in total. The minimum Gasteiger partial charge on any atom is -0.282 e. The van der Waals surface area contributed by atoms with Gasteiger partial charge < -0.3 is 0 Å². The molecule has 0 aliphatic heterocycles. The van der Waals surface area contributed by atoms with E-state index in [2.05, 4.69) is 15.9 Å². The Bertz CT molecular complexity index is 588. The lowest BCUT2D eigenvalue weighted by molar-refractivity contribution is 0.466. The number of hydrogen-bond acceptors (Lipinski definition) is 4. The fourth-order valence-corrected chi connectivity index (χ4v) is 3.19. The van der Waals surface area contributed by atoms with E-state index < -0.39 is 30.0 Å². The van der Waals surface area contributed by atoms with Gasteiger partial charge in [0.25, 0.3) is 20.2 Å². The van der Waals surface area contributed by atoms with Gasteiger partial charge in [0.1, 0.15) is 9.79 Å². The summed E-state index contributed by atoms with van der Waals surface area (Å²) in [5.74, 6) is 0. The molecule has 15 heavy (non-hydrogen) atoms. The van der Waals surface area contributed by atoms with Gasteiger partial charge in [-0.25, -0.2) is 0 Å². The zero-order valence-corrected chi connectivity index (χ0v) is 10.2. The van der Waals surface area contributed by atoms with Crippen molar-refractivity contribution in [1.82, 2.24) is 0 Å². The van der Waals surface area contributed by atoms with Gasteiger partial charge in [0, 0.05) is 4.47 Å². The van der Waals surface area contributed by atoms with Crippen molar-refractivity contribution in [2.75, 3.05) is 0 Å². The van der Waals surface area contributed by atoms with E-state index in [1.54, 1.807) is 0 Å². The molecule has 0 aromatic heterocycles. The zero-order chi connectivity index (χ0) is 11.9. The van der Waals surface area contributed by atoms with Gasteiger partial charge in [0.15, 0.2) is 0 Å². The first-order valence-corrected chi connectivity index (χ1v) is 7.04. The Hall–Kier alpha value is -0.480. The van der Waals surface area contributed by atoms with Crippen molar-refractivity contribution in [2.24, 2.45) is 0 Å². The van der Waals surface area contributed by atoms with Crippen molar-refractivity contribution in [2.45, 2.75) is 9.79 Å². The topological polar surface area (TPSA) is 109 Å². The minimum atomic E-state index is -4.71. The second-order valence-electron chi connectivity index (χ2n) is 2.54. The Morgan fingerprint density at radius 1 is 0.933 bits per heavy atom. The Labute approximate surface area is 94.6 Å². The molecule has 1 aromatic rings. The first-order valence-electron chi connectivity index (χ1n) is 3.37. The van der Waals surface area contributed by atoms with Crippen molar-refractivity contribution in [1.29, 1.82) is 0 Å². The maximum Gasteiger partial charge on any atom is 0.295 e. The van der Waals surface area contributed by atoms with Gasteiger partial charge >= 0.3 is 0 Å². The molecule has 2 N–H and O–H groups in total. The lowest BCUT2D eigenvalue weighted by Crippen LogP contribution is -2.08. The molecule has 84 valence electrons. The molecular formula is C6H5BrO6S2. The quantitative estimate of drug-likeness (QED) is 0.786. The monoisotopic (exact) mass is 316 g/mol. The fraction of sp³-hybridized carbons (Fsp3) is 0. The second-order valence-corrected chi connectivity index (χ2v) is 6.24. The summed E-state index contributed by atoms with van der Waals surface area (Å²) in [4.78, 5) is -1.74. The summed E-state index contributed by atoms with van der Waals surface area (Å²) < 4.78 is 60.9. The summed E-state index contributed by atoms with van der Waals surface area (Å²) in [7, 11) is -9.40. The van der Waals surface area contributed by atoms with Gasteiger partial charge in [-0.15, -0.1) is 0 Å². The van der Waals surface area contributed by atoms with Gasteiger partial charge in [-0.2, -0.15) is 16.8 Å². The van der Waals surface area contributed by atoms with Crippen LogP contribution in [0.5, 0.6) is 0 Å². The van der Waals surface area contributed by atoms with Crippen LogP contribution in [0.2, 0.25) is 0 Å². The molecule has 0 atom stereocenters. The van der Waals surface area contributed by atoms with Crippen LogP contribution >= 0.6 is 15.9 Å². The molecule has 0 saturated heterocycles. The SMILES string of the molecule is O=S(=O)(O)c1ccc(Br)cc1S(=O)(=O)O. The largest absolute Gasteiger partial charge is 0.295 e. The van der Waals surface area contributed by atoms with Crippen LogP contribution in [-0.2, 0) is 20.2 Å². The summed E-state index contributed by atoms with van der Waals surface area (Å²) in [5.41, 5.74) is 0. The number of halogens is 1. The average molecular weight is 317 g/mol. The molecule has 9 heteroatoms. The number of hydrogen-bond donors (Lipinski definition) is 2. The number of benzene rings is 1. The summed E-state index contributed by atoms with van der Waals surface area (Å²) in [6.45, 7) is 0. The summed E-state index contributed by atoms with van der Waals surface area (Å²) in [6, 6.07) is 2.96. The van der Waals surface area contributed by atoms with Crippen LogP contribution in [0, 0.1) is 0 Å². The van der Waals surface area contributed by atoms with Crippen LogP contribution in [0.25, 0.3) is 0 Å². The van der Waals surface area contributed by atoms with Crippen LogP contribution in [0.4, 0.5) is 0 Å². The molecule has 0 amide bonds. The maximum atomic E-state index is 10.8. The molecule has 0 radical (unpaired) electrons. The normalized spacial score (nSPS) is 12.7. The molecular weight excluding hydrogens is 312 g/mol. The Balaban J connectivity index is 3.71. The van der Waals surface area contributed by atoms with Crippen LogP contribution in [0.3, 0.4) is 0 Å². The van der Waals surface area contributed by atoms with Crippen LogP contribution in [0.1, 0.15) is 0 Å². The molecule has 0 aliphatic carbocycles. The molecule has 1 rings (SSSR count). The second kappa shape index (κ2) is 3.83. The highest BCUT2D eigenvalue weighted by Crippen LogP contribution is 2.24. The zero-order valence-electron chi connectivity index (χ0n) is 6.95. The summed E-state index contributed by atoms with van der Waals surface area (Å²) in [6.07, 6.45) is 0. The van der Waals surface area contributed by atoms with Gasteiger partial charge in [0.2, 0.25) is 0 Å². The van der Waals surface area contributed by atoms with Crippen molar-refractivity contribution >= 4 is 36.2 Å². The molecule has 0 unspecified atom stereocenters. The standard InChI is InChI=1S/C6H5BrO6S2/c7-4-1-2-5(14(8,9)10)6(3-4)15(11,12)13/h1-3H,(H,8,9,10)(H,11,12,13). The van der Waals surface area contributed by atoms with Gasteiger partial charge in [0.05, 0.1) is 0 Å². The van der Waals surface area contributed by atoms with E-state index in [1.807, 2.05) is 0 Å². The van der Waals surface area contributed by atoms with Gasteiger partial charge in [-0.05, 0) is 18.2 Å². The Kier molecular flexibility index (Phi) is 3.22. The van der Waals surface area contributed by atoms with Crippen LogP contribution in [0.15, 0.2) is 32.5 Å². The smallest absolute Gasteiger partial charge is 0.282 e. The van der Waals surface area contributed by atoms with Crippen LogP contribution < -0.4 is 0 Å². The molecule has 1 aromatic carbocycles. The minimum absolute atomic E-state index is 0.252. The van der Waals surface area contributed by atoms with E-state index in [0.29, 0.717) is 0 Å². The van der Waals surface area contributed by atoms with Crippen LogP contribution in [-0.4, -0.2) is 25.9 Å². The third-order valence-electron chi connectivity index (χ3n) is 1.46. The van der Waals surface area contributed by atoms with Crippen molar-refractivity contribution in [3.8, 4) is 0 Å². The van der Waals surface area contributed by atoms with E-state index in [0.717, 1.165) is 12.1 Å². The lowest BCUT2D eigenvalue weighted by Gasteiger charge is -2.04. The molecule has 0 bridgehead atoms. The van der Waals surface area contributed by atoms with Crippen molar-refractivity contribution in [3.63, 3.8) is 0 Å². The average Bonchev–Trinajstić information content (AvgIpc) is 2.00. The number of rotatable bonds is 2. The first kappa shape index (κ1) is 12.6. The molecule has 0 aliphatic rings. The third-order valence-corrected chi connectivity index (χ3v) is 3.89. The predicted octanol–water partition coefficient (Wildman–Crippen LogP) is 0.943. The summed E-state index contributed by atoms with van der Waals surface area (Å²) >= 11 is 2.90. The summed E-state index contributed by atoms with van der Waals surface area (Å²) in [5, 5.41) is 0. The molecule has 0 saturated carbocycles. The highest BCUT2D eigenvalue weighted by Gasteiger charge is 2.23. The lowest BCUT2D eigenvalue weighted by atomic mass is 10.4. The van der Waals surface area contributed by atoms with Crippen molar-refractivity contribution in [3.05, 3.63) is 22.7 Å². The van der Waals surface area contributed by atoms with E-state index in [9.17, 15) is 16.8 Å². The fourth-order valence-electron chi connectivity index (χ4n) is 0.897. The van der Waals surface area contributed by atoms with E-state index in [-0.39, 0.29) is 4.47 Å². The maximum absolute atomic E-state index is 10.8. The van der Waals surface area contributed by atoms with E-state index in [4.69, 9.17) is 9.11 Å². The van der Waals surface area contributed by atoms with Crippen molar-refractivity contribution < 1.29 is 25.9 Å². The third kappa shape index (κ3) is 2.98. The molecule has 0 fully saturated rings. The highest BCUT2D eigenvalue weighted by atomic mass is 79.9. The van der Waals surface area contributed by atoms with Gasteiger partial charge in [-0.3, -0.25) is 9.11 Å². The predicted molar refractivity (Wildman–Crippen MR) is 53.8 cm³/mol.